The highest BCUT2D eigenvalue weighted by Gasteiger charge is 2.13. The van der Waals surface area contributed by atoms with Gasteiger partial charge in [0.25, 0.3) is 0 Å². The van der Waals surface area contributed by atoms with Crippen LogP contribution in [0.2, 0.25) is 0 Å². The van der Waals surface area contributed by atoms with Gasteiger partial charge in [-0.1, -0.05) is 11.8 Å². The number of rotatable bonds is 5. The molecule has 1 N–H and O–H groups in total. The van der Waals surface area contributed by atoms with Crippen molar-refractivity contribution in [1.29, 1.82) is 5.26 Å². The third kappa shape index (κ3) is 4.02. The lowest BCUT2D eigenvalue weighted by atomic mass is 10.2. The summed E-state index contributed by atoms with van der Waals surface area (Å²) in [5.74, 6) is 0.781. The molecule has 0 aliphatic heterocycles. The number of thioether (sulfide) groups is 1. The molecule has 1 aromatic carbocycles. The smallest absolute Gasteiger partial charge is 0.234 e. The topological polar surface area (TPSA) is 96.5 Å². The minimum absolute atomic E-state index is 0.150. The van der Waals surface area contributed by atoms with Gasteiger partial charge in [0, 0.05) is 30.7 Å². The Bertz CT molecular complexity index is 915. The third-order valence-corrected chi connectivity index (χ3v) is 4.42. The lowest BCUT2D eigenvalue weighted by Crippen LogP contribution is -2.14. The molecule has 0 aliphatic rings. The molecule has 25 heavy (non-hydrogen) atoms. The van der Waals surface area contributed by atoms with E-state index in [1.54, 1.807) is 36.7 Å². The average molecular weight is 350 g/mol. The van der Waals surface area contributed by atoms with Gasteiger partial charge in [-0.15, -0.1) is 10.2 Å². The van der Waals surface area contributed by atoms with Crippen LogP contribution in [0.5, 0.6) is 0 Å². The minimum Gasteiger partial charge on any atom is -0.325 e. The first-order chi connectivity index (χ1) is 12.2. The summed E-state index contributed by atoms with van der Waals surface area (Å²) in [5.41, 5.74) is 2.12. The van der Waals surface area contributed by atoms with Crippen molar-refractivity contribution in [3.8, 4) is 17.5 Å². The van der Waals surface area contributed by atoms with Crippen molar-refractivity contribution in [1.82, 2.24) is 19.7 Å². The van der Waals surface area contributed by atoms with Crippen LogP contribution in [0.3, 0.4) is 0 Å². The molecule has 0 saturated carbocycles. The Kier molecular flexibility index (Phi) is 5.06. The van der Waals surface area contributed by atoms with Gasteiger partial charge in [0.15, 0.2) is 11.0 Å². The summed E-state index contributed by atoms with van der Waals surface area (Å²) in [6.07, 6.45) is 3.39. The molecule has 2 aromatic heterocycles. The van der Waals surface area contributed by atoms with Gasteiger partial charge in [0.2, 0.25) is 5.91 Å². The molecule has 3 rings (SSSR count). The molecule has 3 aromatic rings. The maximum Gasteiger partial charge on any atom is 0.234 e. The van der Waals surface area contributed by atoms with Crippen LogP contribution in [0.4, 0.5) is 5.69 Å². The second-order valence-electron chi connectivity index (χ2n) is 5.13. The first-order valence-corrected chi connectivity index (χ1v) is 8.38. The Morgan fingerprint density at radius 1 is 1.20 bits per heavy atom. The Hall–Kier alpha value is -3.18. The lowest BCUT2D eigenvalue weighted by Gasteiger charge is -2.05. The van der Waals surface area contributed by atoms with Crippen molar-refractivity contribution < 1.29 is 4.79 Å². The number of aromatic nitrogens is 4. The molecule has 0 aliphatic carbocycles. The number of anilines is 1. The van der Waals surface area contributed by atoms with Crippen LogP contribution in [-0.2, 0) is 11.8 Å². The monoisotopic (exact) mass is 350 g/mol. The Labute approximate surface area is 148 Å². The molecule has 124 valence electrons. The molecule has 1 amide bonds. The third-order valence-electron chi connectivity index (χ3n) is 3.40. The number of pyridine rings is 1. The highest BCUT2D eigenvalue weighted by molar-refractivity contribution is 7.99. The summed E-state index contributed by atoms with van der Waals surface area (Å²) in [7, 11) is 1.86. The van der Waals surface area contributed by atoms with Crippen LogP contribution in [0.25, 0.3) is 11.4 Å². The van der Waals surface area contributed by atoms with Crippen LogP contribution < -0.4 is 5.32 Å². The highest BCUT2D eigenvalue weighted by atomic mass is 32.2. The van der Waals surface area contributed by atoms with E-state index in [0.717, 1.165) is 11.4 Å². The lowest BCUT2D eigenvalue weighted by molar-refractivity contribution is -0.113. The predicted molar refractivity (Wildman–Crippen MR) is 94.7 cm³/mol. The number of benzene rings is 1. The molecular formula is C17H14N6OS. The largest absolute Gasteiger partial charge is 0.325 e. The van der Waals surface area contributed by atoms with E-state index in [4.69, 9.17) is 5.26 Å². The van der Waals surface area contributed by atoms with Crippen LogP contribution in [0, 0.1) is 11.3 Å². The number of nitriles is 1. The first-order valence-electron chi connectivity index (χ1n) is 7.40. The van der Waals surface area contributed by atoms with Crippen molar-refractivity contribution in [3.05, 3.63) is 54.4 Å². The fraction of sp³-hybridized carbons (Fsp3) is 0.118. The highest BCUT2D eigenvalue weighted by Crippen LogP contribution is 2.22. The number of nitrogens with one attached hydrogen (secondary N) is 1. The number of amides is 1. The SMILES string of the molecule is Cn1c(SCC(=O)Nc2ccc(C#N)cc2)nnc1-c1ccncc1. The molecule has 0 saturated heterocycles. The van der Waals surface area contributed by atoms with Gasteiger partial charge in [-0.2, -0.15) is 5.26 Å². The number of hydrogen-bond donors (Lipinski definition) is 1. The Balaban J connectivity index is 1.61. The molecule has 0 radical (unpaired) electrons. The van der Waals surface area contributed by atoms with Gasteiger partial charge in [-0.05, 0) is 36.4 Å². The van der Waals surface area contributed by atoms with Crippen molar-refractivity contribution in [3.63, 3.8) is 0 Å². The van der Waals surface area contributed by atoms with E-state index in [9.17, 15) is 4.79 Å². The number of carbonyl (C=O) groups is 1. The molecular weight excluding hydrogens is 336 g/mol. The molecule has 0 bridgehead atoms. The zero-order valence-corrected chi connectivity index (χ0v) is 14.2. The van der Waals surface area contributed by atoms with Gasteiger partial charge in [0.05, 0.1) is 17.4 Å². The zero-order chi connectivity index (χ0) is 17.6. The van der Waals surface area contributed by atoms with E-state index in [-0.39, 0.29) is 11.7 Å². The minimum atomic E-state index is -0.150. The van der Waals surface area contributed by atoms with Crippen molar-refractivity contribution in [2.75, 3.05) is 11.1 Å². The van der Waals surface area contributed by atoms with E-state index in [2.05, 4.69) is 20.5 Å². The second-order valence-corrected chi connectivity index (χ2v) is 6.07. The van der Waals surface area contributed by atoms with Crippen LogP contribution >= 0.6 is 11.8 Å². The maximum absolute atomic E-state index is 12.1. The fourth-order valence-corrected chi connectivity index (χ4v) is 2.86. The van der Waals surface area contributed by atoms with Crippen molar-refractivity contribution in [2.24, 2.45) is 7.05 Å². The van der Waals surface area contributed by atoms with Crippen LogP contribution in [0.15, 0.2) is 53.9 Å². The summed E-state index contributed by atoms with van der Waals surface area (Å²) in [4.78, 5) is 16.0. The molecule has 7 nitrogen and oxygen atoms in total. The Morgan fingerprint density at radius 2 is 1.92 bits per heavy atom. The predicted octanol–water partition coefficient (Wildman–Crippen LogP) is 2.48. The number of nitrogens with zero attached hydrogens (tertiary/aromatic N) is 5. The molecule has 2 heterocycles. The van der Waals surface area contributed by atoms with E-state index in [1.807, 2.05) is 29.8 Å². The van der Waals surface area contributed by atoms with Crippen LogP contribution in [0.1, 0.15) is 5.56 Å². The molecule has 8 heteroatoms. The summed E-state index contributed by atoms with van der Waals surface area (Å²) >= 11 is 1.31. The molecule has 0 fully saturated rings. The Morgan fingerprint density at radius 3 is 2.60 bits per heavy atom. The quantitative estimate of drug-likeness (QED) is 0.710. The fourth-order valence-electron chi connectivity index (χ4n) is 2.15. The van der Waals surface area contributed by atoms with Crippen LogP contribution in [-0.4, -0.2) is 31.4 Å². The van der Waals surface area contributed by atoms with Gasteiger partial charge in [-0.3, -0.25) is 9.78 Å². The van der Waals surface area contributed by atoms with Gasteiger partial charge in [-0.25, -0.2) is 0 Å². The zero-order valence-electron chi connectivity index (χ0n) is 13.4. The standard InChI is InChI=1S/C17H14N6OS/c1-23-16(13-6-8-19-9-7-13)21-22-17(23)25-11-15(24)20-14-4-2-12(10-18)3-5-14/h2-9H,11H2,1H3,(H,20,24). The summed E-state index contributed by atoms with van der Waals surface area (Å²) < 4.78 is 1.84. The second kappa shape index (κ2) is 7.59. The normalized spacial score (nSPS) is 10.2. The van der Waals surface area contributed by atoms with Crippen molar-refractivity contribution >= 4 is 23.4 Å². The van der Waals surface area contributed by atoms with E-state index in [1.165, 1.54) is 11.8 Å². The van der Waals surface area contributed by atoms with E-state index < -0.39 is 0 Å². The first kappa shape index (κ1) is 16.7. The molecule has 0 spiro atoms. The molecule has 0 unspecified atom stereocenters. The summed E-state index contributed by atoms with van der Waals surface area (Å²) in [6, 6.07) is 12.5. The van der Waals surface area contributed by atoms with Gasteiger partial charge >= 0.3 is 0 Å². The van der Waals surface area contributed by atoms with E-state index >= 15 is 0 Å². The average Bonchev–Trinajstić information content (AvgIpc) is 3.02. The summed E-state index contributed by atoms with van der Waals surface area (Å²) in [5, 5.41) is 20.5. The van der Waals surface area contributed by atoms with Crippen molar-refractivity contribution in [2.45, 2.75) is 5.16 Å². The van der Waals surface area contributed by atoms with E-state index in [0.29, 0.717) is 16.4 Å². The van der Waals surface area contributed by atoms with Gasteiger partial charge in [0.1, 0.15) is 0 Å². The number of carbonyl (C=O) groups excluding carboxylic acids is 1. The molecule has 0 atom stereocenters. The van der Waals surface area contributed by atoms with Gasteiger partial charge < -0.3 is 9.88 Å². The summed E-state index contributed by atoms with van der Waals surface area (Å²) in [6.45, 7) is 0. The number of hydrogen-bond acceptors (Lipinski definition) is 6. The maximum atomic E-state index is 12.1.